The van der Waals surface area contributed by atoms with Gasteiger partial charge in [0.15, 0.2) is 0 Å². The second kappa shape index (κ2) is 5.37. The van der Waals surface area contributed by atoms with Crippen LogP contribution in [0.5, 0.6) is 11.5 Å². The fourth-order valence-corrected chi connectivity index (χ4v) is 2.62. The molecule has 2 aromatic carbocycles. The molecular weight excluding hydrogens is 271 g/mol. The Morgan fingerprint density at radius 3 is 2.76 bits per heavy atom. The third-order valence-corrected chi connectivity index (χ3v) is 3.84. The van der Waals surface area contributed by atoms with Crippen molar-refractivity contribution < 1.29 is 19.0 Å². The molecule has 0 fully saturated rings. The summed E-state index contributed by atoms with van der Waals surface area (Å²) in [5, 5.41) is 10.3. The standard InChI is InChI=1S/C17H17FO3/c1-10-7-11(3-5-14(10)18)17-9-15(19)13-8-12(20-2)4-6-16(13)21-17/h3-8,15,17,19H,9H2,1-2H3/t15-,17?/m1/s1. The number of rotatable bonds is 2. The molecule has 1 heterocycles. The van der Waals surface area contributed by atoms with Crippen LogP contribution in [0.4, 0.5) is 4.39 Å². The average Bonchev–Trinajstić information content (AvgIpc) is 2.49. The first-order valence-electron chi connectivity index (χ1n) is 6.87. The number of hydrogen-bond donors (Lipinski definition) is 1. The van der Waals surface area contributed by atoms with Crippen LogP contribution in [0, 0.1) is 12.7 Å². The molecule has 1 unspecified atom stereocenters. The number of aryl methyl sites for hydroxylation is 1. The van der Waals surface area contributed by atoms with Crippen LogP contribution in [0.15, 0.2) is 36.4 Å². The van der Waals surface area contributed by atoms with Gasteiger partial charge in [-0.05, 0) is 48.4 Å². The highest BCUT2D eigenvalue weighted by atomic mass is 19.1. The van der Waals surface area contributed by atoms with Crippen LogP contribution in [-0.2, 0) is 0 Å². The molecule has 0 amide bonds. The monoisotopic (exact) mass is 288 g/mol. The minimum atomic E-state index is -0.626. The predicted molar refractivity (Wildman–Crippen MR) is 77.1 cm³/mol. The summed E-state index contributed by atoms with van der Waals surface area (Å²) >= 11 is 0. The molecule has 0 saturated heterocycles. The molecule has 2 aromatic rings. The second-order valence-electron chi connectivity index (χ2n) is 5.27. The van der Waals surface area contributed by atoms with Crippen molar-refractivity contribution in [2.75, 3.05) is 7.11 Å². The van der Waals surface area contributed by atoms with Gasteiger partial charge in [0.25, 0.3) is 0 Å². The van der Waals surface area contributed by atoms with Gasteiger partial charge < -0.3 is 14.6 Å². The number of hydrogen-bond acceptors (Lipinski definition) is 3. The SMILES string of the molecule is COc1ccc2c(c1)[C@H](O)CC(c1ccc(F)c(C)c1)O2. The molecule has 3 rings (SSSR count). The Kier molecular flexibility index (Phi) is 3.55. The molecule has 110 valence electrons. The molecule has 3 nitrogen and oxygen atoms in total. The van der Waals surface area contributed by atoms with Gasteiger partial charge in [-0.1, -0.05) is 6.07 Å². The van der Waals surface area contributed by atoms with Crippen molar-refractivity contribution in [2.24, 2.45) is 0 Å². The van der Waals surface area contributed by atoms with Gasteiger partial charge in [0.05, 0.1) is 13.2 Å². The predicted octanol–water partition coefficient (Wildman–Crippen LogP) is 3.70. The zero-order valence-corrected chi connectivity index (χ0v) is 12.0. The van der Waals surface area contributed by atoms with Gasteiger partial charge in [0.2, 0.25) is 0 Å². The number of halogens is 1. The molecule has 1 aliphatic heterocycles. The number of methoxy groups -OCH3 is 1. The Morgan fingerprint density at radius 2 is 2.05 bits per heavy atom. The van der Waals surface area contributed by atoms with Crippen molar-refractivity contribution in [1.29, 1.82) is 0 Å². The Labute approximate surface area is 122 Å². The molecule has 1 aliphatic rings. The first kappa shape index (κ1) is 13.9. The maximum atomic E-state index is 13.4. The van der Waals surface area contributed by atoms with E-state index >= 15 is 0 Å². The Bertz CT molecular complexity index is 669. The zero-order chi connectivity index (χ0) is 15.0. The number of benzene rings is 2. The van der Waals surface area contributed by atoms with Crippen molar-refractivity contribution in [1.82, 2.24) is 0 Å². The lowest BCUT2D eigenvalue weighted by molar-refractivity contribution is 0.0654. The van der Waals surface area contributed by atoms with Gasteiger partial charge in [0, 0.05) is 12.0 Å². The fourth-order valence-electron chi connectivity index (χ4n) is 2.62. The fraction of sp³-hybridized carbons (Fsp3) is 0.294. The molecule has 21 heavy (non-hydrogen) atoms. The van der Waals surface area contributed by atoms with Crippen molar-refractivity contribution in [3.63, 3.8) is 0 Å². The van der Waals surface area contributed by atoms with Gasteiger partial charge in [-0.25, -0.2) is 4.39 Å². The van der Waals surface area contributed by atoms with Crippen molar-refractivity contribution in [3.05, 3.63) is 58.9 Å². The maximum Gasteiger partial charge on any atom is 0.127 e. The first-order valence-corrected chi connectivity index (χ1v) is 6.87. The summed E-state index contributed by atoms with van der Waals surface area (Å²) in [5.41, 5.74) is 2.17. The molecule has 0 spiro atoms. The van der Waals surface area contributed by atoms with Crippen LogP contribution >= 0.6 is 0 Å². The second-order valence-corrected chi connectivity index (χ2v) is 5.27. The average molecular weight is 288 g/mol. The lowest BCUT2D eigenvalue weighted by Crippen LogP contribution is -2.19. The molecule has 0 aromatic heterocycles. The van der Waals surface area contributed by atoms with Gasteiger partial charge in [-0.3, -0.25) is 0 Å². The highest BCUT2D eigenvalue weighted by Crippen LogP contribution is 2.42. The molecule has 0 radical (unpaired) electrons. The summed E-state index contributed by atoms with van der Waals surface area (Å²) in [6.07, 6.45) is -0.468. The van der Waals surface area contributed by atoms with Crippen LogP contribution in [0.3, 0.4) is 0 Å². The van der Waals surface area contributed by atoms with Crippen LogP contribution < -0.4 is 9.47 Å². The number of fused-ring (bicyclic) bond motifs is 1. The molecule has 0 aliphatic carbocycles. The summed E-state index contributed by atoms with van der Waals surface area (Å²) in [6, 6.07) is 10.3. The van der Waals surface area contributed by atoms with Gasteiger partial charge in [-0.2, -0.15) is 0 Å². The number of ether oxygens (including phenoxy) is 2. The van der Waals surface area contributed by atoms with E-state index in [0.29, 0.717) is 23.5 Å². The van der Waals surface area contributed by atoms with Gasteiger partial charge >= 0.3 is 0 Å². The third-order valence-electron chi connectivity index (χ3n) is 3.84. The largest absolute Gasteiger partial charge is 0.497 e. The zero-order valence-electron chi connectivity index (χ0n) is 12.0. The van der Waals surface area contributed by atoms with E-state index in [0.717, 1.165) is 11.1 Å². The molecule has 2 atom stereocenters. The van der Waals surface area contributed by atoms with Crippen molar-refractivity contribution in [3.8, 4) is 11.5 Å². The Hall–Kier alpha value is -2.07. The molecule has 1 N–H and O–H groups in total. The molecule has 4 heteroatoms. The minimum absolute atomic E-state index is 0.236. The number of aliphatic hydroxyl groups excluding tert-OH is 1. The van der Waals surface area contributed by atoms with Crippen LogP contribution in [0.2, 0.25) is 0 Å². The quantitative estimate of drug-likeness (QED) is 0.915. The van der Waals surface area contributed by atoms with E-state index in [2.05, 4.69) is 0 Å². The Morgan fingerprint density at radius 1 is 1.24 bits per heavy atom. The molecule has 0 saturated carbocycles. The van der Waals surface area contributed by atoms with E-state index in [1.807, 2.05) is 0 Å². The van der Waals surface area contributed by atoms with E-state index in [-0.39, 0.29) is 11.9 Å². The first-order chi connectivity index (χ1) is 10.1. The van der Waals surface area contributed by atoms with E-state index in [4.69, 9.17) is 9.47 Å². The molecule has 0 bridgehead atoms. The normalized spacial score (nSPS) is 20.6. The summed E-state index contributed by atoms with van der Waals surface area (Å²) in [7, 11) is 1.59. The van der Waals surface area contributed by atoms with E-state index in [1.54, 1.807) is 44.4 Å². The smallest absolute Gasteiger partial charge is 0.127 e. The van der Waals surface area contributed by atoms with E-state index in [1.165, 1.54) is 6.07 Å². The van der Waals surface area contributed by atoms with Crippen LogP contribution in [-0.4, -0.2) is 12.2 Å². The maximum absolute atomic E-state index is 13.4. The molecular formula is C17H17FO3. The highest BCUT2D eigenvalue weighted by Gasteiger charge is 2.28. The lowest BCUT2D eigenvalue weighted by atomic mass is 9.94. The number of aliphatic hydroxyl groups is 1. The summed E-state index contributed by atoms with van der Waals surface area (Å²) in [5.74, 6) is 1.09. The van der Waals surface area contributed by atoms with E-state index in [9.17, 15) is 9.50 Å². The lowest BCUT2D eigenvalue weighted by Gasteiger charge is -2.30. The summed E-state index contributed by atoms with van der Waals surface area (Å²) < 4.78 is 24.5. The van der Waals surface area contributed by atoms with Gasteiger partial charge in [-0.15, -0.1) is 0 Å². The minimum Gasteiger partial charge on any atom is -0.497 e. The Balaban J connectivity index is 1.92. The van der Waals surface area contributed by atoms with Crippen LogP contribution in [0.1, 0.15) is 35.3 Å². The van der Waals surface area contributed by atoms with Crippen molar-refractivity contribution in [2.45, 2.75) is 25.6 Å². The third kappa shape index (κ3) is 2.59. The van der Waals surface area contributed by atoms with E-state index < -0.39 is 6.10 Å². The summed E-state index contributed by atoms with van der Waals surface area (Å²) in [4.78, 5) is 0. The van der Waals surface area contributed by atoms with Crippen molar-refractivity contribution >= 4 is 0 Å². The van der Waals surface area contributed by atoms with Crippen LogP contribution in [0.25, 0.3) is 0 Å². The highest BCUT2D eigenvalue weighted by molar-refractivity contribution is 5.44. The van der Waals surface area contributed by atoms with Gasteiger partial charge in [0.1, 0.15) is 23.4 Å². The topological polar surface area (TPSA) is 38.7 Å². The summed E-state index contributed by atoms with van der Waals surface area (Å²) in [6.45, 7) is 1.72.